The highest BCUT2D eigenvalue weighted by atomic mass is 16.4. The molecule has 1 aliphatic carbocycles. The number of aliphatic hydroxyl groups is 1. The van der Waals surface area contributed by atoms with Gasteiger partial charge in [0.25, 0.3) is 5.91 Å². The fourth-order valence-corrected chi connectivity index (χ4v) is 5.03. The van der Waals surface area contributed by atoms with Gasteiger partial charge in [0, 0.05) is 6.04 Å². The Hall–Kier alpha value is -2.00. The minimum absolute atomic E-state index is 0.252. The van der Waals surface area contributed by atoms with E-state index in [1.165, 1.54) is 12.8 Å². The Morgan fingerprint density at radius 2 is 1.97 bits per heavy atom. The molecule has 4 rings (SSSR count). The van der Waals surface area contributed by atoms with E-state index in [0.717, 1.165) is 51.1 Å². The van der Waals surface area contributed by atoms with Gasteiger partial charge in [-0.15, -0.1) is 0 Å². The van der Waals surface area contributed by atoms with Gasteiger partial charge in [-0.1, -0.05) is 25.9 Å². The van der Waals surface area contributed by atoms with E-state index >= 15 is 0 Å². The second kappa shape index (κ2) is 9.87. The summed E-state index contributed by atoms with van der Waals surface area (Å²) in [6, 6.07) is 3.82. The highest BCUT2D eigenvalue weighted by Gasteiger charge is 2.33. The summed E-state index contributed by atoms with van der Waals surface area (Å²) in [5.41, 5.74) is 2.89. The number of quaternary nitrogens is 1. The number of carbonyl (C=O) groups is 1. The molecular formula is C24H38N5O3+. The number of hydrogen-bond acceptors (Lipinski definition) is 6. The number of hydrogen-bond donors (Lipinski definition) is 4. The Morgan fingerprint density at radius 1 is 1.25 bits per heavy atom. The lowest BCUT2D eigenvalue weighted by Gasteiger charge is -2.37. The van der Waals surface area contributed by atoms with Crippen LogP contribution in [0, 0.1) is 11.3 Å². The minimum atomic E-state index is -0.918. The topological polar surface area (TPSA) is 107 Å². The first kappa shape index (κ1) is 23.2. The molecule has 8 nitrogen and oxygen atoms in total. The number of nitrogens with one attached hydrogen (secondary N) is 2. The Kier molecular flexibility index (Phi) is 7.14. The first-order chi connectivity index (χ1) is 15.3. The molecule has 32 heavy (non-hydrogen) atoms. The lowest BCUT2D eigenvalue weighted by Crippen LogP contribution is -2.69. The van der Waals surface area contributed by atoms with Crippen molar-refractivity contribution in [1.29, 1.82) is 0 Å². The summed E-state index contributed by atoms with van der Waals surface area (Å²) in [5, 5.41) is 21.2. The van der Waals surface area contributed by atoms with E-state index < -0.39 is 6.23 Å². The number of furan rings is 1. The van der Waals surface area contributed by atoms with Crippen molar-refractivity contribution >= 4 is 11.6 Å². The molecule has 2 aliphatic heterocycles. The molecule has 1 amide bonds. The lowest BCUT2D eigenvalue weighted by atomic mass is 9.71. The van der Waals surface area contributed by atoms with Gasteiger partial charge in [0.05, 0.1) is 6.54 Å². The van der Waals surface area contributed by atoms with Crippen LogP contribution in [0.3, 0.4) is 0 Å². The van der Waals surface area contributed by atoms with Gasteiger partial charge in [-0.2, -0.15) is 5.43 Å². The summed E-state index contributed by atoms with van der Waals surface area (Å²) < 4.78 is 5.76. The Labute approximate surface area is 190 Å². The van der Waals surface area contributed by atoms with Crippen molar-refractivity contribution in [3.05, 3.63) is 35.6 Å². The summed E-state index contributed by atoms with van der Waals surface area (Å²) in [4.78, 5) is 15.0. The van der Waals surface area contributed by atoms with Gasteiger partial charge in [0.15, 0.2) is 17.7 Å². The summed E-state index contributed by atoms with van der Waals surface area (Å²) >= 11 is 0. The maximum Gasteiger partial charge on any atom is 0.291 e. The standard InChI is InChI=1S/C24H37N5O3/c1-24(2,3)16-6-8-17(9-7-16)26-23(31)21-19(14-25-28-21)27-22(30)20-11-10-18(32-20)15-29-12-4-5-13-29/h10-11,14,16-17,23,26,31H,4-9,12-13,15H2,1-3H3,(H,25,28)(H,27,30)/p+1. The van der Waals surface area contributed by atoms with Gasteiger partial charge in [0.1, 0.15) is 17.7 Å². The molecule has 2 fully saturated rings. The average molecular weight is 445 g/mol. The predicted octanol–water partition coefficient (Wildman–Crippen LogP) is 1.89. The van der Waals surface area contributed by atoms with Crippen LogP contribution < -0.4 is 16.1 Å². The molecule has 0 aromatic carbocycles. The molecule has 1 saturated carbocycles. The van der Waals surface area contributed by atoms with E-state index in [-0.39, 0.29) is 17.7 Å². The van der Waals surface area contributed by atoms with E-state index in [9.17, 15) is 9.90 Å². The fourth-order valence-electron chi connectivity index (χ4n) is 5.03. The van der Waals surface area contributed by atoms with Crippen molar-refractivity contribution in [1.82, 2.24) is 15.5 Å². The lowest BCUT2D eigenvalue weighted by molar-refractivity contribution is -0.590. The van der Waals surface area contributed by atoms with Crippen molar-refractivity contribution < 1.29 is 19.7 Å². The second-order valence-corrected chi connectivity index (χ2v) is 10.4. The van der Waals surface area contributed by atoms with Crippen LogP contribution in [0.2, 0.25) is 0 Å². The van der Waals surface area contributed by atoms with Crippen LogP contribution in [-0.2, 0) is 6.54 Å². The summed E-state index contributed by atoms with van der Waals surface area (Å²) in [6.45, 7) is 9.80. The van der Waals surface area contributed by atoms with Crippen LogP contribution in [0.25, 0.3) is 0 Å². The molecule has 3 heterocycles. The predicted molar refractivity (Wildman–Crippen MR) is 122 cm³/mol. The highest BCUT2D eigenvalue weighted by Crippen LogP contribution is 2.37. The van der Waals surface area contributed by atoms with Crippen LogP contribution in [0.5, 0.6) is 0 Å². The number of likely N-dealkylation sites (tertiary alicyclic amines) is 1. The number of aliphatic hydroxyl groups excluding tert-OH is 1. The van der Waals surface area contributed by atoms with Gasteiger partial charge in [-0.25, -0.2) is 0 Å². The molecule has 1 aromatic rings. The Bertz CT molecular complexity index is 855. The first-order valence-electron chi connectivity index (χ1n) is 12.0. The number of amides is 1. The smallest absolute Gasteiger partial charge is 0.291 e. The fraction of sp³-hybridized carbons (Fsp3) is 0.667. The van der Waals surface area contributed by atoms with Crippen LogP contribution in [-0.4, -0.2) is 47.0 Å². The van der Waals surface area contributed by atoms with Crippen molar-refractivity contribution in [2.75, 3.05) is 13.1 Å². The number of nitrogens with two attached hydrogens (primary N) is 1. The molecule has 1 atom stereocenters. The van der Waals surface area contributed by atoms with E-state index in [2.05, 4.69) is 41.4 Å². The molecule has 1 saturated heterocycles. The number of nitrogens with zero attached hydrogens (tertiary/aromatic N) is 2. The van der Waals surface area contributed by atoms with Crippen molar-refractivity contribution in [3.8, 4) is 0 Å². The number of carbonyl (C=O) groups excluding carboxylic acids is 1. The zero-order chi connectivity index (χ0) is 22.7. The normalized spacial score (nSPS) is 25.5. The molecule has 1 unspecified atom stereocenters. The molecule has 1 aromatic heterocycles. The molecule has 176 valence electrons. The Balaban J connectivity index is 1.28. The third-order valence-corrected chi connectivity index (χ3v) is 7.05. The SMILES string of the molecule is CC(C)(C)C1CCC(NC(O)C2=N[NH2+]C=C2NC(=O)c2ccc(CN3CCCC3)o2)CC1. The van der Waals surface area contributed by atoms with E-state index in [1.54, 1.807) is 17.7 Å². The average Bonchev–Trinajstić information content (AvgIpc) is 3.50. The summed E-state index contributed by atoms with van der Waals surface area (Å²) in [6.07, 6.45) is 7.61. The van der Waals surface area contributed by atoms with Crippen LogP contribution >= 0.6 is 0 Å². The van der Waals surface area contributed by atoms with Crippen LogP contribution in [0.1, 0.15) is 75.6 Å². The zero-order valence-electron chi connectivity index (χ0n) is 19.6. The van der Waals surface area contributed by atoms with Crippen molar-refractivity contribution in [2.24, 2.45) is 16.4 Å². The van der Waals surface area contributed by atoms with Gasteiger partial charge in [-0.3, -0.25) is 15.0 Å². The molecule has 3 aliphatic rings. The molecule has 0 radical (unpaired) electrons. The third kappa shape index (κ3) is 5.67. The third-order valence-electron chi connectivity index (χ3n) is 7.05. The van der Waals surface area contributed by atoms with E-state index in [4.69, 9.17) is 4.42 Å². The highest BCUT2D eigenvalue weighted by molar-refractivity contribution is 6.07. The molecule has 5 N–H and O–H groups in total. The molecule has 0 spiro atoms. The van der Waals surface area contributed by atoms with Crippen molar-refractivity contribution in [3.63, 3.8) is 0 Å². The first-order valence-corrected chi connectivity index (χ1v) is 12.0. The maximum absolute atomic E-state index is 12.7. The second-order valence-electron chi connectivity index (χ2n) is 10.4. The van der Waals surface area contributed by atoms with Crippen LogP contribution in [0.15, 0.2) is 33.5 Å². The summed E-state index contributed by atoms with van der Waals surface area (Å²) in [7, 11) is 0. The van der Waals surface area contributed by atoms with Crippen LogP contribution in [0.4, 0.5) is 0 Å². The van der Waals surface area contributed by atoms with E-state index in [1.807, 2.05) is 6.07 Å². The van der Waals surface area contributed by atoms with Gasteiger partial charge >= 0.3 is 0 Å². The quantitative estimate of drug-likeness (QED) is 0.380. The minimum Gasteiger partial charge on any atom is -0.455 e. The molecule has 8 heteroatoms. The van der Waals surface area contributed by atoms with Gasteiger partial charge in [0.2, 0.25) is 0 Å². The largest absolute Gasteiger partial charge is 0.455 e. The Morgan fingerprint density at radius 3 is 2.66 bits per heavy atom. The molecular weight excluding hydrogens is 406 g/mol. The van der Waals surface area contributed by atoms with Gasteiger partial charge < -0.3 is 14.8 Å². The van der Waals surface area contributed by atoms with Crippen molar-refractivity contribution in [2.45, 2.75) is 78.1 Å². The number of rotatable bonds is 7. The van der Waals surface area contributed by atoms with Gasteiger partial charge in [-0.05, 0) is 75.1 Å². The monoisotopic (exact) mass is 444 g/mol. The zero-order valence-corrected chi connectivity index (χ0v) is 19.6. The maximum atomic E-state index is 12.7. The summed E-state index contributed by atoms with van der Waals surface area (Å²) in [5.74, 6) is 1.46. The molecule has 0 bridgehead atoms. The van der Waals surface area contributed by atoms with E-state index in [0.29, 0.717) is 22.7 Å².